The van der Waals surface area contributed by atoms with Crippen molar-refractivity contribution in [3.8, 4) is 5.75 Å². The molecule has 5 rings (SSSR count). The van der Waals surface area contributed by atoms with Crippen molar-refractivity contribution in [2.45, 2.75) is 91.1 Å². The van der Waals surface area contributed by atoms with E-state index >= 15 is 4.39 Å². The fraction of sp³-hybridized carbons (Fsp3) is 0.556. The number of aromatic nitrogens is 1. The van der Waals surface area contributed by atoms with Crippen LogP contribution in [0, 0.1) is 11.7 Å². The molecule has 0 bridgehead atoms. The van der Waals surface area contributed by atoms with E-state index in [0.717, 1.165) is 71.0 Å². The molecule has 3 fully saturated rings. The normalized spacial score (nSPS) is 21.1. The van der Waals surface area contributed by atoms with Gasteiger partial charge in [-0.2, -0.15) is 0 Å². The number of allylic oxidation sites excluding steroid dienone is 5. The Morgan fingerprint density at radius 2 is 1.75 bits per heavy atom. The number of carboxylic acids is 1. The number of anilines is 1. The lowest BCUT2D eigenvalue weighted by molar-refractivity contribution is 0.0694. The molecule has 0 radical (unpaired) electrons. The number of hydrogen-bond acceptors (Lipinski definition) is 5. The third kappa shape index (κ3) is 6.96. The van der Waals surface area contributed by atoms with Gasteiger partial charge in [0.1, 0.15) is 11.3 Å². The number of nitrogens with zero attached hydrogens (tertiary/aromatic N) is 3. The van der Waals surface area contributed by atoms with Crippen LogP contribution in [-0.2, 0) is 0 Å². The predicted molar refractivity (Wildman–Crippen MR) is 176 cm³/mol. The molecule has 1 aliphatic carbocycles. The van der Waals surface area contributed by atoms with E-state index in [2.05, 4.69) is 55.7 Å². The van der Waals surface area contributed by atoms with E-state index in [0.29, 0.717) is 35.5 Å². The quantitative estimate of drug-likeness (QED) is 0.253. The minimum atomic E-state index is -1.30. The van der Waals surface area contributed by atoms with Gasteiger partial charge in [0, 0.05) is 37.9 Å². The summed E-state index contributed by atoms with van der Waals surface area (Å²) in [6.07, 6.45) is 16.8. The zero-order valence-corrected chi connectivity index (χ0v) is 27.0. The highest BCUT2D eigenvalue weighted by molar-refractivity contribution is 5.97. The highest BCUT2D eigenvalue weighted by atomic mass is 19.1. The summed E-state index contributed by atoms with van der Waals surface area (Å²) in [7, 11) is 1.51. The van der Waals surface area contributed by atoms with Crippen LogP contribution in [0.5, 0.6) is 5.75 Å². The molecule has 2 atom stereocenters. The number of ether oxygens (including phenoxy) is 1. The highest BCUT2D eigenvalue weighted by Gasteiger charge is 2.41. The Balaban J connectivity index is 1.33. The first-order valence-corrected chi connectivity index (χ1v) is 16.2. The maximum atomic E-state index is 15.9. The Kier molecular flexibility index (Phi) is 9.98. The summed E-state index contributed by atoms with van der Waals surface area (Å²) in [6.45, 7) is 12.1. The molecule has 2 saturated heterocycles. The van der Waals surface area contributed by atoms with E-state index < -0.39 is 17.2 Å². The van der Waals surface area contributed by atoms with Crippen LogP contribution >= 0.6 is 0 Å². The molecule has 1 N–H and O–H groups in total. The number of carboxylic acid groups (broad SMARTS) is 1. The Labute approximate surface area is 260 Å². The van der Waals surface area contributed by atoms with Crippen LogP contribution in [0.25, 0.3) is 10.9 Å². The summed E-state index contributed by atoms with van der Waals surface area (Å²) in [5.74, 6) is -1.10. The molecular weight excluding hydrogens is 557 g/mol. The summed E-state index contributed by atoms with van der Waals surface area (Å²) < 4.78 is 23.6. The van der Waals surface area contributed by atoms with E-state index in [9.17, 15) is 14.7 Å². The summed E-state index contributed by atoms with van der Waals surface area (Å²) >= 11 is 0. The lowest BCUT2D eigenvalue weighted by Gasteiger charge is -2.36. The van der Waals surface area contributed by atoms with Gasteiger partial charge in [-0.25, -0.2) is 9.18 Å². The predicted octanol–water partition coefficient (Wildman–Crippen LogP) is 7.50. The van der Waals surface area contributed by atoms with Crippen LogP contribution < -0.4 is 15.1 Å². The minimum absolute atomic E-state index is 0.0617. The van der Waals surface area contributed by atoms with Gasteiger partial charge in [-0.05, 0) is 97.6 Å². The van der Waals surface area contributed by atoms with Crippen LogP contribution in [0.2, 0.25) is 0 Å². The minimum Gasteiger partial charge on any atom is -0.492 e. The second-order valence-electron chi connectivity index (χ2n) is 13.3. The van der Waals surface area contributed by atoms with Gasteiger partial charge in [-0.1, -0.05) is 34.9 Å². The Bertz CT molecular complexity index is 1550. The first kappa shape index (κ1) is 32.0. The second-order valence-corrected chi connectivity index (χ2v) is 13.3. The standard InChI is InChI=1S/C36H48FN3O4/c1-23(2)9-6-10-24(3)11-7-12-25(4)16-18-38-17-8-13-26-20-39(22-31(26)38)33-30(37)19-28-32(35(33)44-5)40(27-14-15-27)21-29(34(28)41)36(42)43/h9,11,16,19,21,26-27,31H,6-8,10,12-15,17-18,20,22H2,1-5H3,(H,42,43)/b24-11+,25-16+/t26-,31+/m0/s1. The fourth-order valence-corrected chi connectivity index (χ4v) is 7.02. The number of halogens is 1. The molecule has 0 unspecified atom stereocenters. The number of methoxy groups -OCH3 is 1. The molecule has 238 valence electrons. The van der Waals surface area contributed by atoms with Gasteiger partial charge in [0.15, 0.2) is 11.6 Å². The van der Waals surface area contributed by atoms with E-state index in [-0.39, 0.29) is 17.0 Å². The first-order chi connectivity index (χ1) is 21.1. The Morgan fingerprint density at radius 1 is 1.05 bits per heavy atom. The number of hydrogen-bond donors (Lipinski definition) is 1. The van der Waals surface area contributed by atoms with Crippen molar-refractivity contribution in [1.29, 1.82) is 0 Å². The zero-order valence-electron chi connectivity index (χ0n) is 27.0. The first-order valence-electron chi connectivity index (χ1n) is 16.2. The molecule has 3 heterocycles. The molecule has 44 heavy (non-hydrogen) atoms. The van der Waals surface area contributed by atoms with E-state index in [1.165, 1.54) is 36.1 Å². The highest BCUT2D eigenvalue weighted by Crippen LogP contribution is 2.45. The third-order valence-corrected chi connectivity index (χ3v) is 9.58. The lowest BCUT2D eigenvalue weighted by atomic mass is 9.92. The number of likely N-dealkylation sites (tertiary alicyclic amines) is 1. The van der Waals surface area contributed by atoms with Gasteiger partial charge in [-0.15, -0.1) is 0 Å². The SMILES string of the molecule is COc1c(N2C[C@@H]3CCCN(C/C=C(\C)CC/C=C(\C)CCC=C(C)C)[C@@H]3C2)c(F)cc2c(=O)c(C(=O)O)cn(C3CC3)c12. The number of piperidine rings is 1. The number of fused-ring (bicyclic) bond motifs is 2. The zero-order chi connectivity index (χ0) is 31.5. The second kappa shape index (κ2) is 13.7. The third-order valence-electron chi connectivity index (χ3n) is 9.58. The van der Waals surface area contributed by atoms with E-state index in [4.69, 9.17) is 4.74 Å². The molecule has 2 aromatic rings. The maximum absolute atomic E-state index is 15.9. The topological polar surface area (TPSA) is 75.0 Å². The molecule has 0 amide bonds. The molecule has 7 nitrogen and oxygen atoms in total. The molecule has 2 aliphatic heterocycles. The van der Waals surface area contributed by atoms with Crippen molar-refractivity contribution < 1.29 is 19.0 Å². The fourth-order valence-electron chi connectivity index (χ4n) is 7.02. The van der Waals surface area contributed by atoms with Crippen LogP contribution in [0.1, 0.15) is 95.5 Å². The monoisotopic (exact) mass is 605 g/mol. The number of carbonyl (C=O) groups is 1. The van der Waals surface area contributed by atoms with Gasteiger partial charge < -0.3 is 19.3 Å². The Morgan fingerprint density at radius 3 is 2.41 bits per heavy atom. The summed E-state index contributed by atoms with van der Waals surface area (Å²) in [5.41, 5.74) is 4.09. The van der Waals surface area contributed by atoms with E-state index in [1.54, 1.807) is 0 Å². The molecule has 1 aromatic heterocycles. The molecular formula is C36H48FN3O4. The van der Waals surface area contributed by atoms with Crippen molar-refractivity contribution in [1.82, 2.24) is 9.47 Å². The maximum Gasteiger partial charge on any atom is 0.341 e. The smallest absolute Gasteiger partial charge is 0.341 e. The lowest BCUT2D eigenvalue weighted by Crippen LogP contribution is -2.45. The van der Waals surface area contributed by atoms with Crippen molar-refractivity contribution in [2.24, 2.45) is 5.92 Å². The van der Waals surface area contributed by atoms with E-state index in [1.807, 2.05) is 4.57 Å². The Hall–Kier alpha value is -3.39. The summed E-state index contributed by atoms with van der Waals surface area (Å²) in [6, 6.07) is 1.62. The van der Waals surface area contributed by atoms with Gasteiger partial charge in [0.05, 0.1) is 18.0 Å². The van der Waals surface area contributed by atoms with Gasteiger partial charge in [-0.3, -0.25) is 9.69 Å². The molecule has 1 aromatic carbocycles. The summed E-state index contributed by atoms with van der Waals surface area (Å²) in [5, 5.41) is 9.71. The molecule has 0 spiro atoms. The van der Waals surface area contributed by atoms with Crippen LogP contribution in [-0.4, -0.2) is 59.9 Å². The molecule has 8 heteroatoms. The van der Waals surface area contributed by atoms with Crippen LogP contribution in [0.3, 0.4) is 0 Å². The van der Waals surface area contributed by atoms with Gasteiger partial charge >= 0.3 is 5.97 Å². The van der Waals surface area contributed by atoms with Crippen molar-refractivity contribution >= 4 is 22.6 Å². The molecule has 1 saturated carbocycles. The number of rotatable bonds is 12. The van der Waals surface area contributed by atoms with Crippen LogP contribution in [0.15, 0.2) is 52.0 Å². The van der Waals surface area contributed by atoms with Gasteiger partial charge in [0.2, 0.25) is 5.43 Å². The number of benzene rings is 1. The van der Waals surface area contributed by atoms with Crippen molar-refractivity contribution in [3.05, 3.63) is 68.8 Å². The van der Waals surface area contributed by atoms with Gasteiger partial charge in [0.25, 0.3) is 0 Å². The average Bonchev–Trinajstić information content (AvgIpc) is 3.73. The summed E-state index contributed by atoms with van der Waals surface area (Å²) in [4.78, 5) is 29.6. The average molecular weight is 606 g/mol. The van der Waals surface area contributed by atoms with Crippen molar-refractivity contribution in [2.75, 3.05) is 38.2 Å². The number of pyridine rings is 1. The number of aromatic carboxylic acids is 1. The van der Waals surface area contributed by atoms with Crippen LogP contribution in [0.4, 0.5) is 10.1 Å². The largest absolute Gasteiger partial charge is 0.492 e. The molecule has 3 aliphatic rings. The van der Waals surface area contributed by atoms with Crippen molar-refractivity contribution in [3.63, 3.8) is 0 Å².